The number of rotatable bonds is 3. The van der Waals surface area contributed by atoms with Crippen molar-refractivity contribution in [3.8, 4) is 0 Å². The van der Waals surface area contributed by atoms with Crippen molar-refractivity contribution < 1.29 is 5.11 Å². The molecule has 0 aliphatic carbocycles. The van der Waals surface area contributed by atoms with Gasteiger partial charge in [-0.3, -0.25) is 0 Å². The standard InChI is InChI=1S/C16H18ClNO/c1-11-4-6-12(7-5-11)16(19)14-10-13(17)8-9-15(14)18(2)3/h4-10,16,19H,1-3H3. The van der Waals surface area contributed by atoms with Crippen LogP contribution in [0.1, 0.15) is 22.8 Å². The molecule has 1 atom stereocenters. The highest BCUT2D eigenvalue weighted by atomic mass is 35.5. The van der Waals surface area contributed by atoms with Crippen molar-refractivity contribution in [1.82, 2.24) is 0 Å². The summed E-state index contributed by atoms with van der Waals surface area (Å²) >= 11 is 6.05. The van der Waals surface area contributed by atoms with E-state index in [0.717, 1.165) is 16.8 Å². The number of nitrogens with zero attached hydrogens (tertiary/aromatic N) is 1. The second kappa shape index (κ2) is 5.64. The summed E-state index contributed by atoms with van der Waals surface area (Å²) in [5, 5.41) is 11.2. The number of aliphatic hydroxyl groups is 1. The minimum Gasteiger partial charge on any atom is -0.384 e. The van der Waals surface area contributed by atoms with Gasteiger partial charge in [-0.25, -0.2) is 0 Å². The van der Waals surface area contributed by atoms with Gasteiger partial charge >= 0.3 is 0 Å². The Morgan fingerprint density at radius 2 is 1.68 bits per heavy atom. The highest BCUT2D eigenvalue weighted by Gasteiger charge is 2.16. The molecule has 0 amide bonds. The van der Waals surface area contributed by atoms with Gasteiger partial charge in [0.1, 0.15) is 6.10 Å². The van der Waals surface area contributed by atoms with Crippen LogP contribution >= 0.6 is 11.6 Å². The van der Waals surface area contributed by atoms with Crippen LogP contribution in [0.5, 0.6) is 0 Å². The third-order valence-electron chi connectivity index (χ3n) is 3.16. The van der Waals surface area contributed by atoms with Crippen molar-refractivity contribution in [3.05, 3.63) is 64.2 Å². The van der Waals surface area contributed by atoms with E-state index in [4.69, 9.17) is 11.6 Å². The Bertz CT molecular complexity index is 563. The van der Waals surface area contributed by atoms with Crippen molar-refractivity contribution in [2.45, 2.75) is 13.0 Å². The van der Waals surface area contributed by atoms with E-state index < -0.39 is 6.10 Å². The molecule has 2 aromatic rings. The molecule has 1 unspecified atom stereocenters. The molecule has 0 fully saturated rings. The average Bonchev–Trinajstić information content (AvgIpc) is 2.38. The number of anilines is 1. The molecular weight excluding hydrogens is 258 g/mol. The van der Waals surface area contributed by atoms with E-state index in [9.17, 15) is 5.11 Å². The Hall–Kier alpha value is -1.51. The van der Waals surface area contributed by atoms with Crippen molar-refractivity contribution in [1.29, 1.82) is 0 Å². The van der Waals surface area contributed by atoms with Gasteiger partial charge in [0.05, 0.1) is 0 Å². The molecule has 0 saturated heterocycles. The van der Waals surface area contributed by atoms with Gasteiger partial charge in [-0.15, -0.1) is 0 Å². The van der Waals surface area contributed by atoms with Crippen LogP contribution in [0.2, 0.25) is 5.02 Å². The lowest BCUT2D eigenvalue weighted by Gasteiger charge is -2.21. The van der Waals surface area contributed by atoms with E-state index in [0.29, 0.717) is 5.02 Å². The molecule has 0 aliphatic heterocycles. The van der Waals surface area contributed by atoms with Gasteiger partial charge in [-0.1, -0.05) is 41.4 Å². The summed E-state index contributed by atoms with van der Waals surface area (Å²) in [5.74, 6) is 0. The molecule has 3 heteroatoms. The van der Waals surface area contributed by atoms with Crippen LogP contribution in [0, 0.1) is 6.92 Å². The summed E-state index contributed by atoms with van der Waals surface area (Å²) in [7, 11) is 3.91. The first-order valence-corrected chi connectivity index (χ1v) is 6.58. The van der Waals surface area contributed by atoms with Crippen molar-refractivity contribution >= 4 is 17.3 Å². The predicted molar refractivity (Wildman–Crippen MR) is 81.0 cm³/mol. The van der Waals surface area contributed by atoms with Crippen molar-refractivity contribution in [2.75, 3.05) is 19.0 Å². The van der Waals surface area contributed by atoms with E-state index in [2.05, 4.69) is 0 Å². The maximum absolute atomic E-state index is 10.6. The fourth-order valence-corrected chi connectivity index (χ4v) is 2.26. The molecular formula is C16H18ClNO. The molecule has 0 saturated carbocycles. The molecule has 2 nitrogen and oxygen atoms in total. The fraction of sp³-hybridized carbons (Fsp3) is 0.250. The van der Waals surface area contributed by atoms with Gasteiger partial charge in [0.25, 0.3) is 0 Å². The van der Waals surface area contributed by atoms with E-state index in [1.165, 1.54) is 5.56 Å². The van der Waals surface area contributed by atoms with Crippen LogP contribution in [0.15, 0.2) is 42.5 Å². The van der Waals surface area contributed by atoms with Crippen LogP contribution in [0.3, 0.4) is 0 Å². The first-order chi connectivity index (χ1) is 8.99. The lowest BCUT2D eigenvalue weighted by molar-refractivity contribution is 0.220. The van der Waals surface area contributed by atoms with E-state index >= 15 is 0 Å². The smallest absolute Gasteiger partial charge is 0.106 e. The van der Waals surface area contributed by atoms with E-state index in [1.54, 1.807) is 0 Å². The molecule has 100 valence electrons. The Morgan fingerprint density at radius 1 is 1.05 bits per heavy atom. The molecule has 0 aromatic heterocycles. The Kier molecular flexibility index (Phi) is 4.13. The summed E-state index contributed by atoms with van der Waals surface area (Å²) in [5.41, 5.74) is 3.84. The van der Waals surface area contributed by atoms with Crippen LogP contribution in [0.4, 0.5) is 5.69 Å². The Morgan fingerprint density at radius 3 is 2.26 bits per heavy atom. The van der Waals surface area contributed by atoms with Crippen LogP contribution < -0.4 is 4.90 Å². The topological polar surface area (TPSA) is 23.5 Å². The van der Waals surface area contributed by atoms with Gasteiger partial charge in [0.15, 0.2) is 0 Å². The fourth-order valence-electron chi connectivity index (χ4n) is 2.08. The van der Waals surface area contributed by atoms with Gasteiger partial charge in [-0.2, -0.15) is 0 Å². The van der Waals surface area contributed by atoms with Crippen molar-refractivity contribution in [2.24, 2.45) is 0 Å². The number of benzene rings is 2. The second-order valence-corrected chi connectivity index (χ2v) is 5.35. The third-order valence-corrected chi connectivity index (χ3v) is 3.39. The summed E-state index contributed by atoms with van der Waals surface area (Å²) in [6.07, 6.45) is -0.670. The Labute approximate surface area is 119 Å². The molecule has 19 heavy (non-hydrogen) atoms. The third kappa shape index (κ3) is 3.09. The number of hydrogen-bond acceptors (Lipinski definition) is 2. The summed E-state index contributed by atoms with van der Waals surface area (Å²) in [4.78, 5) is 1.98. The van der Waals surface area contributed by atoms with E-state index in [-0.39, 0.29) is 0 Å². The Balaban J connectivity index is 2.45. The largest absolute Gasteiger partial charge is 0.384 e. The van der Waals surface area contributed by atoms with Gasteiger partial charge in [-0.05, 0) is 30.7 Å². The molecule has 0 radical (unpaired) electrons. The maximum Gasteiger partial charge on any atom is 0.106 e. The highest BCUT2D eigenvalue weighted by Crippen LogP contribution is 2.32. The summed E-state index contributed by atoms with van der Waals surface area (Å²) in [6, 6.07) is 13.5. The molecule has 0 aliphatic rings. The van der Waals surface area contributed by atoms with Crippen molar-refractivity contribution in [3.63, 3.8) is 0 Å². The molecule has 0 spiro atoms. The highest BCUT2D eigenvalue weighted by molar-refractivity contribution is 6.30. The zero-order valence-electron chi connectivity index (χ0n) is 11.4. The van der Waals surface area contributed by atoms with Crippen LogP contribution in [0.25, 0.3) is 0 Å². The lowest BCUT2D eigenvalue weighted by Crippen LogP contribution is -2.13. The molecule has 0 heterocycles. The average molecular weight is 276 g/mol. The summed E-state index contributed by atoms with van der Waals surface area (Å²) in [6.45, 7) is 2.03. The SMILES string of the molecule is Cc1ccc(C(O)c2cc(Cl)ccc2N(C)C)cc1. The van der Waals surface area contributed by atoms with Gasteiger partial charge < -0.3 is 10.0 Å². The zero-order valence-corrected chi connectivity index (χ0v) is 12.1. The minimum absolute atomic E-state index is 0.631. The number of halogens is 1. The second-order valence-electron chi connectivity index (χ2n) is 4.91. The number of aliphatic hydroxyl groups excluding tert-OH is 1. The zero-order chi connectivity index (χ0) is 14.0. The van der Waals surface area contributed by atoms with E-state index in [1.807, 2.05) is 68.4 Å². The van der Waals surface area contributed by atoms with Crippen LogP contribution in [-0.4, -0.2) is 19.2 Å². The molecule has 1 N–H and O–H groups in total. The molecule has 2 rings (SSSR count). The first kappa shape index (κ1) is 13.9. The normalized spacial score (nSPS) is 12.3. The minimum atomic E-state index is -0.670. The van der Waals surface area contributed by atoms with Gasteiger partial charge in [0, 0.05) is 30.4 Å². The predicted octanol–water partition coefficient (Wildman–Crippen LogP) is 3.80. The monoisotopic (exact) mass is 275 g/mol. The summed E-state index contributed by atoms with van der Waals surface area (Å²) < 4.78 is 0. The maximum atomic E-state index is 10.6. The molecule has 0 bridgehead atoms. The number of hydrogen-bond donors (Lipinski definition) is 1. The lowest BCUT2D eigenvalue weighted by atomic mass is 9.98. The quantitative estimate of drug-likeness (QED) is 0.921. The molecule has 2 aromatic carbocycles. The van der Waals surface area contributed by atoms with Gasteiger partial charge in [0.2, 0.25) is 0 Å². The van der Waals surface area contributed by atoms with Crippen LogP contribution in [-0.2, 0) is 0 Å². The number of aryl methyl sites for hydroxylation is 1. The first-order valence-electron chi connectivity index (χ1n) is 6.20.